The van der Waals surface area contributed by atoms with Crippen LogP contribution in [-0.4, -0.2) is 4.98 Å². The zero-order valence-electron chi connectivity index (χ0n) is 7.88. The third kappa shape index (κ3) is 2.33. The Morgan fingerprint density at radius 1 is 1.69 bits per heavy atom. The molecular formula is C10H15N3. The monoisotopic (exact) mass is 177 g/mol. The Labute approximate surface area is 78.6 Å². The van der Waals surface area contributed by atoms with Crippen molar-refractivity contribution in [3.8, 4) is 6.07 Å². The molecule has 0 aliphatic carbocycles. The molecule has 0 aliphatic rings. The Morgan fingerprint density at radius 2 is 2.46 bits per heavy atom. The number of unbranched alkanes of at least 4 members (excludes halogenated alkanes) is 1. The summed E-state index contributed by atoms with van der Waals surface area (Å²) in [7, 11) is 0. The number of hydrogen-bond donors (Lipinski definition) is 2. The first-order valence-electron chi connectivity index (χ1n) is 4.62. The smallest absolute Gasteiger partial charge is 0.101 e. The highest BCUT2D eigenvalue weighted by Gasteiger charge is 2.10. The number of aromatic amines is 1. The van der Waals surface area contributed by atoms with Gasteiger partial charge >= 0.3 is 0 Å². The van der Waals surface area contributed by atoms with Gasteiger partial charge in [-0.2, -0.15) is 5.26 Å². The lowest BCUT2D eigenvalue weighted by atomic mass is 10.1. The van der Waals surface area contributed by atoms with E-state index in [9.17, 15) is 0 Å². The number of hydrogen-bond acceptors (Lipinski definition) is 2. The second-order valence-electron chi connectivity index (χ2n) is 3.17. The van der Waals surface area contributed by atoms with E-state index in [1.807, 2.05) is 0 Å². The van der Waals surface area contributed by atoms with E-state index in [1.165, 1.54) is 0 Å². The Kier molecular flexibility index (Phi) is 3.53. The van der Waals surface area contributed by atoms with E-state index in [0.29, 0.717) is 5.56 Å². The Morgan fingerprint density at radius 3 is 3.08 bits per heavy atom. The molecule has 1 aromatic rings. The van der Waals surface area contributed by atoms with Gasteiger partial charge in [0.1, 0.15) is 6.07 Å². The third-order valence-electron chi connectivity index (χ3n) is 2.14. The molecular weight excluding hydrogens is 162 g/mol. The number of nitrogens with zero attached hydrogens (tertiary/aromatic N) is 1. The van der Waals surface area contributed by atoms with Gasteiger partial charge in [-0.05, 0) is 12.5 Å². The predicted molar refractivity (Wildman–Crippen MR) is 52.0 cm³/mol. The molecule has 1 aromatic heterocycles. The van der Waals surface area contributed by atoms with Crippen LogP contribution in [0.25, 0.3) is 0 Å². The van der Waals surface area contributed by atoms with Crippen molar-refractivity contribution in [1.82, 2.24) is 4.98 Å². The van der Waals surface area contributed by atoms with E-state index in [2.05, 4.69) is 18.0 Å². The van der Waals surface area contributed by atoms with Crippen LogP contribution in [0.15, 0.2) is 12.3 Å². The first-order valence-corrected chi connectivity index (χ1v) is 4.62. The van der Waals surface area contributed by atoms with Gasteiger partial charge in [0.15, 0.2) is 0 Å². The number of H-pyrrole nitrogens is 1. The molecule has 1 unspecified atom stereocenters. The SMILES string of the molecule is CCCCC(N)c1[nH]ccc1C#N. The van der Waals surface area contributed by atoms with Crippen LogP contribution in [-0.2, 0) is 0 Å². The minimum Gasteiger partial charge on any atom is -0.363 e. The van der Waals surface area contributed by atoms with Gasteiger partial charge in [-0.15, -0.1) is 0 Å². The predicted octanol–water partition coefficient (Wildman–Crippen LogP) is 2.08. The van der Waals surface area contributed by atoms with E-state index in [4.69, 9.17) is 11.0 Å². The number of nitriles is 1. The molecule has 1 atom stereocenters. The lowest BCUT2D eigenvalue weighted by Gasteiger charge is -2.09. The molecule has 13 heavy (non-hydrogen) atoms. The average molecular weight is 177 g/mol. The quantitative estimate of drug-likeness (QED) is 0.739. The fourth-order valence-electron chi connectivity index (χ4n) is 1.35. The van der Waals surface area contributed by atoms with Gasteiger partial charge in [0.05, 0.1) is 5.56 Å². The molecule has 1 rings (SSSR count). The first kappa shape index (κ1) is 9.82. The van der Waals surface area contributed by atoms with Gasteiger partial charge in [0.25, 0.3) is 0 Å². The second-order valence-corrected chi connectivity index (χ2v) is 3.17. The van der Waals surface area contributed by atoms with Crippen LogP contribution < -0.4 is 5.73 Å². The Bertz CT molecular complexity index is 295. The minimum absolute atomic E-state index is 0.0235. The minimum atomic E-state index is -0.0235. The number of aromatic nitrogens is 1. The van der Waals surface area contributed by atoms with Crippen molar-refractivity contribution in [3.05, 3.63) is 23.5 Å². The van der Waals surface area contributed by atoms with Crippen LogP contribution in [0.1, 0.15) is 43.5 Å². The summed E-state index contributed by atoms with van der Waals surface area (Å²) in [5.41, 5.74) is 7.46. The molecule has 0 bridgehead atoms. The molecule has 0 amide bonds. The van der Waals surface area contributed by atoms with Crippen LogP contribution in [0, 0.1) is 11.3 Å². The van der Waals surface area contributed by atoms with Crippen LogP contribution >= 0.6 is 0 Å². The Balaban J connectivity index is 2.66. The van der Waals surface area contributed by atoms with Gasteiger partial charge in [-0.3, -0.25) is 0 Å². The van der Waals surface area contributed by atoms with Crippen molar-refractivity contribution in [2.75, 3.05) is 0 Å². The van der Waals surface area contributed by atoms with E-state index in [-0.39, 0.29) is 6.04 Å². The molecule has 0 radical (unpaired) electrons. The molecule has 3 heteroatoms. The fraction of sp³-hybridized carbons (Fsp3) is 0.500. The maximum absolute atomic E-state index is 8.76. The highest BCUT2D eigenvalue weighted by Crippen LogP contribution is 2.18. The summed E-state index contributed by atoms with van der Waals surface area (Å²) in [6.07, 6.45) is 4.94. The number of nitrogens with one attached hydrogen (secondary N) is 1. The molecule has 0 saturated carbocycles. The average Bonchev–Trinajstić information content (AvgIpc) is 2.61. The van der Waals surface area contributed by atoms with Crippen molar-refractivity contribution < 1.29 is 0 Å². The highest BCUT2D eigenvalue weighted by molar-refractivity contribution is 5.35. The first-order chi connectivity index (χ1) is 6.29. The summed E-state index contributed by atoms with van der Waals surface area (Å²) in [5, 5.41) is 8.76. The lowest BCUT2D eigenvalue weighted by molar-refractivity contribution is 0.592. The molecule has 0 aliphatic heterocycles. The molecule has 3 N–H and O–H groups in total. The molecule has 70 valence electrons. The van der Waals surface area contributed by atoms with Crippen molar-refractivity contribution in [2.24, 2.45) is 5.73 Å². The van der Waals surface area contributed by atoms with Crippen LogP contribution in [0.3, 0.4) is 0 Å². The lowest BCUT2D eigenvalue weighted by Crippen LogP contribution is -2.11. The molecule has 3 nitrogen and oxygen atoms in total. The number of rotatable bonds is 4. The molecule has 1 heterocycles. The van der Waals surface area contributed by atoms with Gasteiger partial charge in [0, 0.05) is 17.9 Å². The van der Waals surface area contributed by atoms with Crippen LogP contribution in [0.5, 0.6) is 0 Å². The van der Waals surface area contributed by atoms with Crippen molar-refractivity contribution in [3.63, 3.8) is 0 Å². The molecule has 0 fully saturated rings. The van der Waals surface area contributed by atoms with Crippen molar-refractivity contribution >= 4 is 0 Å². The standard InChI is InChI=1S/C10H15N3/c1-2-3-4-9(12)10-8(7-11)5-6-13-10/h5-6,9,13H,2-4,12H2,1H3. The van der Waals surface area contributed by atoms with E-state index < -0.39 is 0 Å². The number of nitrogens with two attached hydrogens (primary N) is 1. The maximum atomic E-state index is 8.76. The molecule has 0 saturated heterocycles. The molecule has 0 aromatic carbocycles. The summed E-state index contributed by atoms with van der Waals surface area (Å²) in [5.74, 6) is 0. The van der Waals surface area contributed by atoms with E-state index in [0.717, 1.165) is 25.0 Å². The summed E-state index contributed by atoms with van der Waals surface area (Å²) in [4.78, 5) is 3.02. The zero-order chi connectivity index (χ0) is 9.68. The van der Waals surface area contributed by atoms with Gasteiger partial charge < -0.3 is 10.7 Å². The largest absolute Gasteiger partial charge is 0.363 e. The third-order valence-corrected chi connectivity index (χ3v) is 2.14. The van der Waals surface area contributed by atoms with Crippen molar-refractivity contribution in [2.45, 2.75) is 32.2 Å². The topological polar surface area (TPSA) is 65.6 Å². The van der Waals surface area contributed by atoms with Gasteiger partial charge in [-0.1, -0.05) is 19.8 Å². The van der Waals surface area contributed by atoms with Gasteiger partial charge in [-0.25, -0.2) is 0 Å². The normalized spacial score (nSPS) is 12.4. The highest BCUT2D eigenvalue weighted by atomic mass is 14.8. The van der Waals surface area contributed by atoms with Gasteiger partial charge in [0.2, 0.25) is 0 Å². The summed E-state index contributed by atoms with van der Waals surface area (Å²) < 4.78 is 0. The van der Waals surface area contributed by atoms with Crippen molar-refractivity contribution in [1.29, 1.82) is 5.26 Å². The summed E-state index contributed by atoms with van der Waals surface area (Å²) >= 11 is 0. The summed E-state index contributed by atoms with van der Waals surface area (Å²) in [6.45, 7) is 2.13. The van der Waals surface area contributed by atoms with E-state index >= 15 is 0 Å². The Hall–Kier alpha value is -1.27. The molecule has 0 spiro atoms. The second kappa shape index (κ2) is 4.68. The summed E-state index contributed by atoms with van der Waals surface area (Å²) in [6, 6.07) is 3.86. The van der Waals surface area contributed by atoms with Crippen LogP contribution in [0.2, 0.25) is 0 Å². The fourth-order valence-corrected chi connectivity index (χ4v) is 1.35. The van der Waals surface area contributed by atoms with E-state index in [1.54, 1.807) is 12.3 Å². The zero-order valence-corrected chi connectivity index (χ0v) is 7.88. The van der Waals surface area contributed by atoms with Crippen LogP contribution in [0.4, 0.5) is 0 Å². The maximum Gasteiger partial charge on any atom is 0.101 e.